The Hall–Kier alpha value is -3.01. The summed E-state index contributed by atoms with van der Waals surface area (Å²) in [4.78, 5) is 8.33. The van der Waals surface area contributed by atoms with Gasteiger partial charge in [0.15, 0.2) is 0 Å². The van der Waals surface area contributed by atoms with Crippen molar-refractivity contribution in [3.05, 3.63) is 47.8 Å². The van der Waals surface area contributed by atoms with Crippen molar-refractivity contribution in [3.8, 4) is 11.4 Å². The van der Waals surface area contributed by atoms with Crippen LogP contribution in [0, 0.1) is 12.8 Å². The molecule has 2 N–H and O–H groups in total. The Kier molecular flexibility index (Phi) is 5.83. The van der Waals surface area contributed by atoms with Gasteiger partial charge in [-0.25, -0.2) is 14.6 Å². The first-order valence-electron chi connectivity index (χ1n) is 8.99. The summed E-state index contributed by atoms with van der Waals surface area (Å²) in [5.74, 6) is 0.451. The summed E-state index contributed by atoms with van der Waals surface area (Å²) in [6.07, 6.45) is -2.25. The van der Waals surface area contributed by atoms with Crippen LogP contribution in [0.5, 0.6) is 0 Å². The highest BCUT2D eigenvalue weighted by atomic mass is 19.4. The first-order chi connectivity index (χ1) is 13.6. The number of anilines is 2. The lowest BCUT2D eigenvalue weighted by Crippen LogP contribution is -2.22. The number of aryl methyl sites for hydroxylation is 1. The van der Waals surface area contributed by atoms with E-state index in [1.54, 1.807) is 18.3 Å². The molecule has 0 bridgehead atoms. The second-order valence-corrected chi connectivity index (χ2v) is 7.10. The maximum atomic E-state index is 12.9. The maximum absolute atomic E-state index is 12.9. The number of aliphatic hydroxyl groups excluding tert-OH is 1. The number of hydrogen-bond acceptors (Lipinski definition) is 6. The smallest absolute Gasteiger partial charge is 0.391 e. The van der Waals surface area contributed by atoms with Gasteiger partial charge in [-0.15, -0.1) is 5.10 Å². The minimum atomic E-state index is -4.45. The van der Waals surface area contributed by atoms with Crippen LogP contribution in [0.3, 0.4) is 0 Å². The van der Waals surface area contributed by atoms with Crippen LogP contribution < -0.4 is 5.32 Å². The quantitative estimate of drug-likeness (QED) is 0.647. The largest absolute Gasteiger partial charge is 0.416 e. The predicted molar refractivity (Wildman–Crippen MR) is 101 cm³/mol. The van der Waals surface area contributed by atoms with E-state index in [9.17, 15) is 18.3 Å². The zero-order valence-electron chi connectivity index (χ0n) is 16.1. The molecule has 0 saturated carbocycles. The number of alkyl halides is 3. The average molecular weight is 406 g/mol. The van der Waals surface area contributed by atoms with Crippen molar-refractivity contribution in [3.63, 3.8) is 0 Å². The molecule has 0 spiro atoms. The van der Waals surface area contributed by atoms with Gasteiger partial charge in [-0.05, 0) is 42.7 Å². The minimum absolute atomic E-state index is 0.0348. The lowest BCUT2D eigenvalue weighted by molar-refractivity contribution is -0.137. The third kappa shape index (κ3) is 5.29. The highest BCUT2D eigenvalue weighted by Gasteiger charge is 2.30. The minimum Gasteiger partial charge on any atom is -0.391 e. The standard InChI is InChI=1S/C19H21F3N6O/c1-11(2)16(29)10-28-9-15(26-27-28)14-6-12(3)7-18(24-14)25-17-8-13(4-5-23-17)19(20,21)22/h4-9,11,16,29H,10H2,1-3H3,(H,23,24,25). The summed E-state index contributed by atoms with van der Waals surface area (Å²) in [5, 5.41) is 20.9. The molecule has 0 radical (unpaired) electrons. The first kappa shape index (κ1) is 20.7. The Bertz CT molecular complexity index is 986. The number of rotatable bonds is 6. The predicted octanol–water partition coefficient (Wildman–Crippen LogP) is 3.82. The Balaban J connectivity index is 1.83. The van der Waals surface area contributed by atoms with Gasteiger partial charge in [0.2, 0.25) is 0 Å². The lowest BCUT2D eigenvalue weighted by Gasteiger charge is -2.13. The van der Waals surface area contributed by atoms with E-state index in [1.165, 1.54) is 4.68 Å². The Morgan fingerprint density at radius 1 is 1.14 bits per heavy atom. The third-order valence-electron chi connectivity index (χ3n) is 4.26. The molecule has 3 heterocycles. The summed E-state index contributed by atoms with van der Waals surface area (Å²) in [6.45, 7) is 5.95. The molecule has 3 rings (SSSR count). The van der Waals surface area contributed by atoms with Crippen molar-refractivity contribution in [2.75, 3.05) is 5.32 Å². The zero-order chi connectivity index (χ0) is 21.2. The van der Waals surface area contributed by atoms with Crippen LogP contribution in [-0.4, -0.2) is 36.2 Å². The van der Waals surface area contributed by atoms with E-state index in [0.29, 0.717) is 23.8 Å². The normalized spacial score (nSPS) is 13.0. The Morgan fingerprint density at radius 2 is 1.90 bits per heavy atom. The number of hydrogen-bond donors (Lipinski definition) is 2. The molecule has 10 heteroatoms. The second-order valence-electron chi connectivity index (χ2n) is 7.10. The van der Waals surface area contributed by atoms with Crippen molar-refractivity contribution in [1.82, 2.24) is 25.0 Å². The van der Waals surface area contributed by atoms with Gasteiger partial charge in [0, 0.05) is 6.20 Å². The van der Waals surface area contributed by atoms with Crippen molar-refractivity contribution in [2.24, 2.45) is 5.92 Å². The van der Waals surface area contributed by atoms with E-state index >= 15 is 0 Å². The summed E-state index contributed by atoms with van der Waals surface area (Å²) < 4.78 is 40.2. The molecule has 0 fully saturated rings. The molecule has 0 amide bonds. The van der Waals surface area contributed by atoms with Gasteiger partial charge in [0.05, 0.1) is 30.1 Å². The van der Waals surface area contributed by atoms with Crippen LogP contribution in [0.4, 0.5) is 24.8 Å². The van der Waals surface area contributed by atoms with Crippen molar-refractivity contribution in [2.45, 2.75) is 39.6 Å². The molecule has 0 aliphatic carbocycles. The highest BCUT2D eigenvalue weighted by Crippen LogP contribution is 2.30. The Labute approximate surface area is 165 Å². The molecule has 3 aromatic rings. The summed E-state index contributed by atoms with van der Waals surface area (Å²) in [6, 6.07) is 5.31. The van der Waals surface area contributed by atoms with Gasteiger partial charge >= 0.3 is 6.18 Å². The van der Waals surface area contributed by atoms with Crippen molar-refractivity contribution >= 4 is 11.6 Å². The van der Waals surface area contributed by atoms with Crippen LogP contribution in [-0.2, 0) is 12.7 Å². The topological polar surface area (TPSA) is 88.8 Å². The van der Waals surface area contributed by atoms with E-state index < -0.39 is 17.8 Å². The van der Waals surface area contributed by atoms with Gasteiger partial charge < -0.3 is 10.4 Å². The van der Waals surface area contributed by atoms with E-state index in [1.807, 2.05) is 20.8 Å². The fraction of sp³-hybridized carbons (Fsp3) is 0.368. The number of nitrogens with one attached hydrogen (secondary N) is 1. The molecule has 0 saturated heterocycles. The fourth-order valence-electron chi connectivity index (χ4n) is 2.58. The molecule has 0 aromatic carbocycles. The third-order valence-corrected chi connectivity index (χ3v) is 4.26. The molecular formula is C19H21F3N6O. The number of aromatic nitrogens is 5. The molecular weight excluding hydrogens is 385 g/mol. The fourth-order valence-corrected chi connectivity index (χ4v) is 2.58. The van der Waals surface area contributed by atoms with E-state index in [0.717, 1.165) is 23.9 Å². The van der Waals surface area contributed by atoms with Gasteiger partial charge in [-0.1, -0.05) is 19.1 Å². The van der Waals surface area contributed by atoms with E-state index in [2.05, 4.69) is 25.6 Å². The van der Waals surface area contributed by atoms with Gasteiger partial charge in [-0.2, -0.15) is 13.2 Å². The van der Waals surface area contributed by atoms with Crippen LogP contribution >= 0.6 is 0 Å². The SMILES string of the molecule is Cc1cc(Nc2cc(C(F)(F)F)ccn2)nc(-c2cn(CC(O)C(C)C)nn2)c1. The van der Waals surface area contributed by atoms with Crippen LogP contribution in [0.15, 0.2) is 36.7 Å². The zero-order valence-corrected chi connectivity index (χ0v) is 16.1. The molecule has 154 valence electrons. The van der Waals surface area contributed by atoms with Crippen molar-refractivity contribution < 1.29 is 18.3 Å². The maximum Gasteiger partial charge on any atom is 0.416 e. The summed E-state index contributed by atoms with van der Waals surface area (Å²) in [5.41, 5.74) is 1.03. The summed E-state index contributed by atoms with van der Waals surface area (Å²) in [7, 11) is 0. The van der Waals surface area contributed by atoms with Gasteiger partial charge in [0.25, 0.3) is 0 Å². The van der Waals surface area contributed by atoms with Crippen molar-refractivity contribution in [1.29, 1.82) is 0 Å². The summed E-state index contributed by atoms with van der Waals surface area (Å²) >= 11 is 0. The average Bonchev–Trinajstić information content (AvgIpc) is 3.09. The van der Waals surface area contributed by atoms with Crippen LogP contribution in [0.1, 0.15) is 25.0 Å². The molecule has 7 nitrogen and oxygen atoms in total. The van der Waals surface area contributed by atoms with Crippen LogP contribution in [0.25, 0.3) is 11.4 Å². The number of nitrogens with zero attached hydrogens (tertiary/aromatic N) is 5. The Morgan fingerprint density at radius 3 is 2.59 bits per heavy atom. The number of pyridine rings is 2. The molecule has 1 unspecified atom stereocenters. The lowest BCUT2D eigenvalue weighted by atomic mass is 10.1. The van der Waals surface area contributed by atoms with Gasteiger partial charge in [0.1, 0.15) is 17.3 Å². The van der Waals surface area contributed by atoms with E-state index in [-0.39, 0.29) is 11.7 Å². The second kappa shape index (κ2) is 8.16. The molecule has 3 aromatic heterocycles. The van der Waals surface area contributed by atoms with Crippen LogP contribution in [0.2, 0.25) is 0 Å². The molecule has 1 atom stereocenters. The number of halogens is 3. The monoisotopic (exact) mass is 406 g/mol. The molecule has 0 aliphatic heterocycles. The van der Waals surface area contributed by atoms with E-state index in [4.69, 9.17) is 0 Å². The van der Waals surface area contributed by atoms with Gasteiger partial charge in [-0.3, -0.25) is 0 Å². The molecule has 29 heavy (non-hydrogen) atoms. The highest BCUT2D eigenvalue weighted by molar-refractivity contribution is 5.61. The molecule has 0 aliphatic rings. The number of aliphatic hydroxyl groups is 1. The first-order valence-corrected chi connectivity index (χ1v) is 8.99.